The van der Waals surface area contributed by atoms with Crippen LogP contribution in [0.1, 0.15) is 12.0 Å². The Labute approximate surface area is 86.1 Å². The normalized spacial score (nSPS) is 9.33. The number of carbonyl (C=O) groups is 1. The predicted molar refractivity (Wildman–Crippen MR) is 50.4 cm³/mol. The van der Waals surface area contributed by atoms with Gasteiger partial charge in [0.25, 0.3) is 0 Å². The van der Waals surface area contributed by atoms with Gasteiger partial charge in [-0.2, -0.15) is 5.26 Å². The van der Waals surface area contributed by atoms with Crippen molar-refractivity contribution in [2.45, 2.75) is 6.42 Å². The van der Waals surface area contributed by atoms with Gasteiger partial charge in [0.2, 0.25) is 5.91 Å². The second-order valence-corrected chi connectivity index (χ2v) is 2.82. The smallest absolute Gasteiger partial charge is 0.220 e. The maximum absolute atomic E-state index is 13.0. The van der Waals surface area contributed by atoms with Crippen LogP contribution in [0.5, 0.6) is 5.75 Å². The number of hydrogen-bond donors (Lipinski definition) is 1. The van der Waals surface area contributed by atoms with Gasteiger partial charge in [-0.15, -0.1) is 0 Å². The van der Waals surface area contributed by atoms with Gasteiger partial charge in [0, 0.05) is 6.07 Å². The zero-order valence-electron chi connectivity index (χ0n) is 7.87. The first kappa shape index (κ1) is 11.0. The van der Waals surface area contributed by atoms with E-state index in [0.717, 1.165) is 6.07 Å². The average molecular weight is 208 g/mol. The lowest BCUT2D eigenvalue weighted by Crippen LogP contribution is -2.14. The third kappa shape index (κ3) is 3.27. The van der Waals surface area contributed by atoms with Crippen LogP contribution in [0.15, 0.2) is 18.2 Å². The van der Waals surface area contributed by atoms with Gasteiger partial charge in [0.15, 0.2) is 0 Å². The summed E-state index contributed by atoms with van der Waals surface area (Å²) in [6.07, 6.45) is 0.0711. The molecular weight excluding hydrogens is 199 g/mol. The third-order valence-corrected chi connectivity index (χ3v) is 1.68. The number of hydrogen-bond acceptors (Lipinski definition) is 3. The second-order valence-electron chi connectivity index (χ2n) is 2.82. The highest BCUT2D eigenvalue weighted by molar-refractivity contribution is 5.73. The molecule has 1 rings (SSSR count). The van der Waals surface area contributed by atoms with Crippen LogP contribution in [0.3, 0.4) is 0 Å². The summed E-state index contributed by atoms with van der Waals surface area (Å²) in [6, 6.07) is 5.56. The molecule has 1 aromatic rings. The summed E-state index contributed by atoms with van der Waals surface area (Å²) in [4.78, 5) is 10.4. The lowest BCUT2D eigenvalue weighted by Gasteiger charge is -2.04. The van der Waals surface area contributed by atoms with E-state index in [0.29, 0.717) is 0 Å². The van der Waals surface area contributed by atoms with E-state index in [-0.39, 0.29) is 24.3 Å². The van der Waals surface area contributed by atoms with Crippen LogP contribution >= 0.6 is 0 Å². The van der Waals surface area contributed by atoms with Crippen LogP contribution < -0.4 is 10.5 Å². The Hall–Kier alpha value is -2.09. The van der Waals surface area contributed by atoms with E-state index in [1.807, 2.05) is 0 Å². The quantitative estimate of drug-likeness (QED) is 0.800. The molecule has 15 heavy (non-hydrogen) atoms. The van der Waals surface area contributed by atoms with Gasteiger partial charge >= 0.3 is 0 Å². The summed E-state index contributed by atoms with van der Waals surface area (Å²) >= 11 is 0. The number of primary amides is 1. The molecule has 0 bridgehead atoms. The molecule has 0 unspecified atom stereocenters. The van der Waals surface area contributed by atoms with Crippen molar-refractivity contribution >= 4 is 5.91 Å². The molecule has 0 saturated carbocycles. The van der Waals surface area contributed by atoms with Crippen LogP contribution in [-0.4, -0.2) is 12.5 Å². The summed E-state index contributed by atoms with van der Waals surface area (Å²) in [6.45, 7) is 0.0979. The van der Waals surface area contributed by atoms with Crippen molar-refractivity contribution in [3.63, 3.8) is 0 Å². The minimum Gasteiger partial charge on any atom is -0.493 e. The molecule has 0 aliphatic heterocycles. The van der Waals surface area contributed by atoms with Crippen LogP contribution in [0.4, 0.5) is 4.39 Å². The molecule has 0 saturated heterocycles. The van der Waals surface area contributed by atoms with Crippen LogP contribution in [0, 0.1) is 17.1 Å². The zero-order chi connectivity index (χ0) is 11.3. The molecule has 1 aromatic carbocycles. The standard InChI is InChI=1S/C10H9FN2O2/c11-9-5-8(2-1-7(9)6-12)15-4-3-10(13)14/h1-2,5H,3-4H2,(H2,13,14). The van der Waals surface area contributed by atoms with E-state index < -0.39 is 11.7 Å². The van der Waals surface area contributed by atoms with Gasteiger partial charge in [0.1, 0.15) is 17.6 Å². The fourth-order valence-electron chi connectivity index (χ4n) is 0.946. The number of rotatable bonds is 4. The van der Waals surface area contributed by atoms with Crippen LogP contribution in [0.25, 0.3) is 0 Å². The first-order valence-electron chi connectivity index (χ1n) is 4.24. The summed E-state index contributed by atoms with van der Waals surface area (Å²) < 4.78 is 18.1. The van der Waals surface area contributed by atoms with Gasteiger partial charge in [-0.3, -0.25) is 4.79 Å². The molecule has 0 atom stereocenters. The number of ether oxygens (including phenoxy) is 1. The molecule has 0 fully saturated rings. The third-order valence-electron chi connectivity index (χ3n) is 1.68. The maximum atomic E-state index is 13.0. The number of benzene rings is 1. The van der Waals surface area contributed by atoms with E-state index in [2.05, 4.69) is 0 Å². The molecule has 0 spiro atoms. The first-order chi connectivity index (χ1) is 7.13. The van der Waals surface area contributed by atoms with Crippen molar-refractivity contribution in [1.29, 1.82) is 5.26 Å². The van der Waals surface area contributed by atoms with Crippen molar-refractivity contribution in [2.24, 2.45) is 5.73 Å². The van der Waals surface area contributed by atoms with E-state index in [1.54, 1.807) is 6.07 Å². The van der Waals surface area contributed by atoms with Gasteiger partial charge in [-0.1, -0.05) is 0 Å². The van der Waals surface area contributed by atoms with E-state index in [9.17, 15) is 9.18 Å². The fourth-order valence-corrected chi connectivity index (χ4v) is 0.946. The fraction of sp³-hybridized carbons (Fsp3) is 0.200. The largest absolute Gasteiger partial charge is 0.493 e. The molecule has 0 radical (unpaired) electrons. The highest BCUT2D eigenvalue weighted by Crippen LogP contribution is 2.15. The Morgan fingerprint density at radius 3 is 2.87 bits per heavy atom. The van der Waals surface area contributed by atoms with Crippen molar-refractivity contribution in [1.82, 2.24) is 0 Å². The average Bonchev–Trinajstić information content (AvgIpc) is 2.17. The number of halogens is 1. The molecule has 0 heterocycles. The summed E-state index contributed by atoms with van der Waals surface area (Å²) in [5.41, 5.74) is 4.85. The number of nitriles is 1. The Kier molecular flexibility index (Phi) is 3.63. The predicted octanol–water partition coefficient (Wildman–Crippen LogP) is 0.952. The van der Waals surface area contributed by atoms with Crippen molar-refractivity contribution in [3.8, 4) is 11.8 Å². The van der Waals surface area contributed by atoms with Gasteiger partial charge < -0.3 is 10.5 Å². The number of amides is 1. The maximum Gasteiger partial charge on any atom is 0.220 e. The number of carbonyl (C=O) groups excluding carboxylic acids is 1. The Bertz CT molecular complexity index is 412. The van der Waals surface area contributed by atoms with E-state index >= 15 is 0 Å². The van der Waals surface area contributed by atoms with Crippen molar-refractivity contribution in [3.05, 3.63) is 29.6 Å². The molecule has 0 aliphatic rings. The number of nitrogens with zero attached hydrogens (tertiary/aromatic N) is 1. The van der Waals surface area contributed by atoms with Crippen LogP contribution in [0.2, 0.25) is 0 Å². The van der Waals surface area contributed by atoms with Gasteiger partial charge in [0.05, 0.1) is 18.6 Å². The number of nitrogens with two attached hydrogens (primary N) is 1. The minimum atomic E-state index is -0.644. The van der Waals surface area contributed by atoms with Gasteiger partial charge in [-0.05, 0) is 12.1 Å². The molecule has 0 aromatic heterocycles. The molecule has 78 valence electrons. The van der Waals surface area contributed by atoms with Crippen LogP contribution in [-0.2, 0) is 4.79 Å². The Morgan fingerprint density at radius 2 is 2.33 bits per heavy atom. The highest BCUT2D eigenvalue weighted by Gasteiger charge is 2.03. The van der Waals surface area contributed by atoms with Crippen molar-refractivity contribution in [2.75, 3.05) is 6.61 Å². The molecule has 5 heteroatoms. The lowest BCUT2D eigenvalue weighted by molar-refractivity contribution is -0.118. The zero-order valence-corrected chi connectivity index (χ0v) is 7.87. The second kappa shape index (κ2) is 4.96. The van der Waals surface area contributed by atoms with Crippen molar-refractivity contribution < 1.29 is 13.9 Å². The van der Waals surface area contributed by atoms with Gasteiger partial charge in [-0.25, -0.2) is 4.39 Å². The Balaban J connectivity index is 2.60. The van der Waals surface area contributed by atoms with E-state index in [1.165, 1.54) is 12.1 Å². The summed E-state index contributed by atoms with van der Waals surface area (Å²) in [7, 11) is 0. The highest BCUT2D eigenvalue weighted by atomic mass is 19.1. The first-order valence-corrected chi connectivity index (χ1v) is 4.24. The topological polar surface area (TPSA) is 76.1 Å². The monoisotopic (exact) mass is 208 g/mol. The lowest BCUT2D eigenvalue weighted by atomic mass is 10.2. The molecule has 2 N–H and O–H groups in total. The molecular formula is C10H9FN2O2. The Morgan fingerprint density at radius 1 is 1.60 bits per heavy atom. The molecule has 0 aliphatic carbocycles. The SMILES string of the molecule is N#Cc1ccc(OCCC(N)=O)cc1F. The molecule has 4 nitrogen and oxygen atoms in total. The minimum absolute atomic E-state index is 0.0442. The summed E-state index contributed by atoms with van der Waals surface area (Å²) in [5, 5.41) is 8.47. The summed E-state index contributed by atoms with van der Waals surface area (Å²) in [5.74, 6) is -0.856. The van der Waals surface area contributed by atoms with E-state index in [4.69, 9.17) is 15.7 Å². The molecule has 1 amide bonds.